The maximum absolute atomic E-state index is 14.0. The second kappa shape index (κ2) is 8.43. The summed E-state index contributed by atoms with van der Waals surface area (Å²) in [5.74, 6) is -0.316. The maximum Gasteiger partial charge on any atom is 0.407 e. The monoisotopic (exact) mass is 447 g/mol. The Morgan fingerprint density at radius 3 is 2.74 bits per heavy atom. The molecule has 1 aliphatic rings. The zero-order valence-electron chi connectivity index (χ0n) is 17.7. The maximum atomic E-state index is 14.0. The number of nitrogens with zero attached hydrogens (tertiary/aromatic N) is 4. The molecule has 0 saturated carbocycles. The van der Waals surface area contributed by atoms with Gasteiger partial charge in [0, 0.05) is 19.1 Å². The average Bonchev–Trinajstić information content (AvgIpc) is 3.26. The van der Waals surface area contributed by atoms with Gasteiger partial charge in [-0.3, -0.25) is 4.90 Å². The molecule has 1 aromatic carbocycles. The van der Waals surface area contributed by atoms with E-state index < -0.39 is 11.7 Å². The predicted octanol–water partition coefficient (Wildman–Crippen LogP) is 3.71. The number of aromatic nitrogens is 3. The molecule has 1 fully saturated rings. The quantitative estimate of drug-likeness (QED) is 0.634. The van der Waals surface area contributed by atoms with Crippen LogP contribution in [0.3, 0.4) is 0 Å². The number of ether oxygens (including phenoxy) is 1. The van der Waals surface area contributed by atoms with Gasteiger partial charge < -0.3 is 15.2 Å². The lowest BCUT2D eigenvalue weighted by Gasteiger charge is -2.37. The summed E-state index contributed by atoms with van der Waals surface area (Å²) in [5.41, 5.74) is 0.202. The Morgan fingerprint density at radius 2 is 2.10 bits per heavy atom. The van der Waals surface area contributed by atoms with Gasteiger partial charge in [-0.15, -0.1) is 0 Å². The van der Waals surface area contributed by atoms with Crippen LogP contribution in [0.15, 0.2) is 30.6 Å². The van der Waals surface area contributed by atoms with Gasteiger partial charge in [0.2, 0.25) is 10.8 Å². The summed E-state index contributed by atoms with van der Waals surface area (Å²) in [6.45, 7) is 6.82. The highest BCUT2D eigenvalue weighted by Crippen LogP contribution is 2.40. The Kier molecular flexibility index (Phi) is 5.85. The zero-order chi connectivity index (χ0) is 22.2. The number of fused-ring (bicyclic) bond motifs is 1. The number of piperidine rings is 1. The van der Waals surface area contributed by atoms with E-state index in [1.807, 2.05) is 26.8 Å². The van der Waals surface area contributed by atoms with Crippen molar-refractivity contribution >= 4 is 22.4 Å². The lowest BCUT2D eigenvalue weighted by atomic mass is 9.98. The van der Waals surface area contributed by atoms with Gasteiger partial charge in [0.1, 0.15) is 17.7 Å². The van der Waals surface area contributed by atoms with Crippen molar-refractivity contribution in [3.8, 4) is 5.88 Å². The third-order valence-corrected chi connectivity index (χ3v) is 6.25. The SMILES string of the molecule is CC(C)(C)OC(=O)NC1CCN([C@H](c2cccc(F)c2)c2sc3ncnn3c2O)CC1. The van der Waals surface area contributed by atoms with Crippen LogP contribution < -0.4 is 5.32 Å². The summed E-state index contributed by atoms with van der Waals surface area (Å²) in [6.07, 6.45) is 2.40. The van der Waals surface area contributed by atoms with E-state index >= 15 is 0 Å². The van der Waals surface area contributed by atoms with Crippen molar-refractivity contribution < 1.29 is 19.0 Å². The van der Waals surface area contributed by atoms with Gasteiger partial charge in [-0.05, 0) is 51.3 Å². The molecule has 0 bridgehead atoms. The predicted molar refractivity (Wildman–Crippen MR) is 115 cm³/mol. The molecule has 0 unspecified atom stereocenters. The van der Waals surface area contributed by atoms with Crippen molar-refractivity contribution in [2.45, 2.75) is 51.3 Å². The Morgan fingerprint density at radius 1 is 1.35 bits per heavy atom. The van der Waals surface area contributed by atoms with Crippen LogP contribution in [0.25, 0.3) is 4.96 Å². The number of hydrogen-bond donors (Lipinski definition) is 2. The number of thiazole rings is 1. The molecular formula is C21H26FN5O3S. The van der Waals surface area contributed by atoms with Crippen molar-refractivity contribution in [3.05, 3.63) is 46.9 Å². The van der Waals surface area contributed by atoms with Crippen LogP contribution in [0.1, 0.15) is 50.1 Å². The molecule has 0 aliphatic carbocycles. The molecule has 1 atom stereocenters. The van der Waals surface area contributed by atoms with Gasteiger partial charge >= 0.3 is 6.09 Å². The van der Waals surface area contributed by atoms with Crippen molar-refractivity contribution in [3.63, 3.8) is 0 Å². The molecule has 1 aliphatic heterocycles. The molecule has 166 valence electrons. The van der Waals surface area contributed by atoms with E-state index in [0.29, 0.717) is 35.8 Å². The topological polar surface area (TPSA) is 92.0 Å². The fourth-order valence-corrected chi connectivity index (χ4v) is 4.94. The van der Waals surface area contributed by atoms with E-state index in [9.17, 15) is 14.3 Å². The average molecular weight is 448 g/mol. The number of rotatable bonds is 4. The Hall–Kier alpha value is -2.72. The van der Waals surface area contributed by atoms with Crippen molar-refractivity contribution in [1.29, 1.82) is 0 Å². The van der Waals surface area contributed by atoms with Gasteiger partial charge in [0.05, 0.1) is 10.9 Å². The number of aromatic hydroxyl groups is 1. The van der Waals surface area contributed by atoms with Crippen LogP contribution in [-0.2, 0) is 4.74 Å². The molecule has 0 radical (unpaired) electrons. The number of hydrogen-bond acceptors (Lipinski definition) is 7. The van der Waals surface area contributed by atoms with Crippen LogP contribution >= 0.6 is 11.3 Å². The van der Waals surface area contributed by atoms with E-state index in [1.165, 1.54) is 34.3 Å². The lowest BCUT2D eigenvalue weighted by molar-refractivity contribution is 0.0472. The molecule has 2 aromatic heterocycles. The highest BCUT2D eigenvalue weighted by Gasteiger charge is 2.33. The fraction of sp³-hybridized carbons (Fsp3) is 0.476. The molecule has 8 nitrogen and oxygen atoms in total. The van der Waals surface area contributed by atoms with Gasteiger partial charge in [-0.25, -0.2) is 14.2 Å². The minimum atomic E-state index is -0.546. The second-order valence-electron chi connectivity index (χ2n) is 8.66. The number of carbonyl (C=O) groups is 1. The Labute approximate surface area is 183 Å². The number of likely N-dealkylation sites (tertiary alicyclic amines) is 1. The summed E-state index contributed by atoms with van der Waals surface area (Å²) < 4.78 is 20.8. The molecule has 1 saturated heterocycles. The zero-order valence-corrected chi connectivity index (χ0v) is 18.5. The minimum absolute atomic E-state index is 0.00447. The van der Waals surface area contributed by atoms with Crippen LogP contribution in [0, 0.1) is 5.82 Å². The van der Waals surface area contributed by atoms with Crippen LogP contribution in [0.5, 0.6) is 5.88 Å². The molecule has 31 heavy (non-hydrogen) atoms. The normalized spacial score (nSPS) is 17.0. The smallest absolute Gasteiger partial charge is 0.407 e. The number of amides is 1. The summed E-state index contributed by atoms with van der Waals surface area (Å²) in [6, 6.07) is 6.07. The van der Waals surface area contributed by atoms with E-state index in [4.69, 9.17) is 4.74 Å². The third kappa shape index (κ3) is 4.80. The van der Waals surface area contributed by atoms with Crippen molar-refractivity contribution in [2.75, 3.05) is 13.1 Å². The summed E-state index contributed by atoms with van der Waals surface area (Å²) in [4.78, 5) is 19.7. The first kappa shape index (κ1) is 21.5. The van der Waals surface area contributed by atoms with Gasteiger partial charge in [-0.2, -0.15) is 9.61 Å². The van der Waals surface area contributed by atoms with Gasteiger partial charge in [0.15, 0.2) is 0 Å². The molecule has 3 aromatic rings. The molecule has 0 spiro atoms. The van der Waals surface area contributed by atoms with Crippen LogP contribution in [0.2, 0.25) is 0 Å². The third-order valence-electron chi connectivity index (χ3n) is 5.17. The van der Waals surface area contributed by atoms with Gasteiger partial charge in [0.25, 0.3) is 0 Å². The first-order valence-electron chi connectivity index (χ1n) is 10.2. The van der Waals surface area contributed by atoms with E-state index in [0.717, 1.165) is 5.56 Å². The van der Waals surface area contributed by atoms with Crippen molar-refractivity contribution in [1.82, 2.24) is 24.8 Å². The van der Waals surface area contributed by atoms with E-state index in [1.54, 1.807) is 6.07 Å². The minimum Gasteiger partial charge on any atom is -0.492 e. The van der Waals surface area contributed by atoms with E-state index in [-0.39, 0.29) is 23.8 Å². The molecule has 2 N–H and O–H groups in total. The van der Waals surface area contributed by atoms with Gasteiger partial charge in [-0.1, -0.05) is 23.5 Å². The number of halogens is 1. The number of benzene rings is 1. The number of nitrogens with one attached hydrogen (secondary N) is 1. The van der Waals surface area contributed by atoms with Crippen LogP contribution in [0.4, 0.5) is 9.18 Å². The Bertz CT molecular complexity index is 1070. The molecular weight excluding hydrogens is 421 g/mol. The fourth-order valence-electron chi connectivity index (χ4n) is 3.85. The summed E-state index contributed by atoms with van der Waals surface area (Å²) >= 11 is 1.34. The standard InChI is InChI=1S/C21H26FN5O3S/c1-21(2,3)30-20(29)25-15-7-9-26(10-8-15)16(13-5-4-6-14(22)11-13)17-18(28)27-19(31-17)23-12-24-27/h4-6,11-12,15-16,28H,7-10H2,1-3H3,(H,25,29)/t16-/m1/s1. The molecule has 1 amide bonds. The van der Waals surface area contributed by atoms with Crippen LogP contribution in [-0.4, -0.2) is 55.4 Å². The summed E-state index contributed by atoms with van der Waals surface area (Å²) in [7, 11) is 0. The highest BCUT2D eigenvalue weighted by molar-refractivity contribution is 7.17. The first-order valence-corrected chi connectivity index (χ1v) is 11.0. The highest BCUT2D eigenvalue weighted by atomic mass is 32.1. The molecule has 4 rings (SSSR count). The first-order chi connectivity index (χ1) is 14.7. The van der Waals surface area contributed by atoms with E-state index in [2.05, 4.69) is 20.3 Å². The Balaban J connectivity index is 1.54. The second-order valence-corrected chi connectivity index (χ2v) is 9.67. The number of alkyl carbamates (subject to hydrolysis) is 1. The number of carbonyl (C=O) groups excluding carboxylic acids is 1. The summed E-state index contributed by atoms with van der Waals surface area (Å²) in [5, 5.41) is 17.8. The van der Waals surface area contributed by atoms with Crippen molar-refractivity contribution in [2.24, 2.45) is 0 Å². The molecule has 10 heteroatoms. The lowest BCUT2D eigenvalue weighted by Crippen LogP contribution is -2.47. The largest absolute Gasteiger partial charge is 0.492 e. The molecule has 3 heterocycles.